The first kappa shape index (κ1) is 14.1. The summed E-state index contributed by atoms with van der Waals surface area (Å²) in [4.78, 5) is 15.4. The summed E-state index contributed by atoms with van der Waals surface area (Å²) in [5.41, 5.74) is 3.54. The van der Waals surface area contributed by atoms with Gasteiger partial charge in [-0.3, -0.25) is 9.88 Å². The van der Waals surface area contributed by atoms with Gasteiger partial charge in [0.25, 0.3) is 0 Å². The second-order valence-corrected chi connectivity index (χ2v) is 5.96. The van der Waals surface area contributed by atoms with Gasteiger partial charge in [-0.15, -0.1) is 0 Å². The summed E-state index contributed by atoms with van der Waals surface area (Å²) in [5.74, 6) is 0.706. The second-order valence-electron chi connectivity index (χ2n) is 5.96. The van der Waals surface area contributed by atoms with Crippen molar-refractivity contribution < 1.29 is 0 Å². The molecule has 2 aromatic heterocycles. The maximum atomic E-state index is 4.64. The van der Waals surface area contributed by atoms with E-state index < -0.39 is 0 Å². The highest BCUT2D eigenvalue weighted by atomic mass is 15.1. The molecular weight excluding hydrogens is 260 g/mol. The molecule has 1 fully saturated rings. The number of piperidine rings is 1. The maximum Gasteiger partial charge on any atom is 0.115 e. The molecule has 1 saturated heterocycles. The number of pyridine rings is 1. The van der Waals surface area contributed by atoms with Crippen LogP contribution in [0.2, 0.25) is 0 Å². The van der Waals surface area contributed by atoms with Crippen molar-refractivity contribution >= 4 is 0 Å². The Morgan fingerprint density at radius 1 is 1.24 bits per heavy atom. The van der Waals surface area contributed by atoms with E-state index in [1.54, 1.807) is 6.33 Å². The molecule has 4 nitrogen and oxygen atoms in total. The highest BCUT2D eigenvalue weighted by molar-refractivity contribution is 5.11. The predicted molar refractivity (Wildman–Crippen MR) is 82.7 cm³/mol. The molecule has 0 N–H and O–H groups in total. The summed E-state index contributed by atoms with van der Waals surface area (Å²) >= 11 is 0. The van der Waals surface area contributed by atoms with Crippen LogP contribution in [0.3, 0.4) is 0 Å². The fraction of sp³-hybridized carbons (Fsp3) is 0.471. The van der Waals surface area contributed by atoms with Gasteiger partial charge < -0.3 is 0 Å². The molecular formula is C17H22N4. The Labute approximate surface area is 126 Å². The third-order valence-corrected chi connectivity index (χ3v) is 4.07. The molecule has 0 aromatic carbocycles. The Morgan fingerprint density at radius 3 is 2.90 bits per heavy atom. The van der Waals surface area contributed by atoms with Gasteiger partial charge in [0.2, 0.25) is 0 Å². The molecule has 0 saturated carbocycles. The first-order chi connectivity index (χ1) is 10.3. The van der Waals surface area contributed by atoms with Crippen molar-refractivity contribution in [3.05, 3.63) is 53.9 Å². The molecule has 110 valence electrons. The van der Waals surface area contributed by atoms with Crippen LogP contribution in [0.1, 0.15) is 29.8 Å². The summed E-state index contributed by atoms with van der Waals surface area (Å²) < 4.78 is 0. The Morgan fingerprint density at radius 2 is 2.10 bits per heavy atom. The molecule has 0 unspecified atom stereocenters. The number of aromatic nitrogens is 3. The molecule has 21 heavy (non-hydrogen) atoms. The minimum absolute atomic E-state index is 0.706. The number of aryl methyl sites for hydroxylation is 1. The molecule has 0 radical (unpaired) electrons. The normalized spacial score (nSPS) is 19.6. The molecule has 4 heteroatoms. The van der Waals surface area contributed by atoms with Crippen LogP contribution in [-0.4, -0.2) is 32.9 Å². The lowest BCUT2D eigenvalue weighted by atomic mass is 9.93. The Bertz CT molecular complexity index is 570. The topological polar surface area (TPSA) is 41.9 Å². The van der Waals surface area contributed by atoms with E-state index in [1.165, 1.54) is 30.6 Å². The van der Waals surface area contributed by atoms with Crippen LogP contribution < -0.4 is 0 Å². The maximum absolute atomic E-state index is 4.64. The monoisotopic (exact) mass is 282 g/mol. The van der Waals surface area contributed by atoms with Crippen LogP contribution >= 0.6 is 0 Å². The van der Waals surface area contributed by atoms with Crippen molar-refractivity contribution in [2.24, 2.45) is 5.92 Å². The Hall–Kier alpha value is -1.81. The molecule has 2 aromatic rings. The van der Waals surface area contributed by atoms with E-state index >= 15 is 0 Å². The lowest BCUT2D eigenvalue weighted by Gasteiger charge is -2.32. The number of hydrogen-bond acceptors (Lipinski definition) is 4. The first-order valence-electron chi connectivity index (χ1n) is 7.68. The second kappa shape index (κ2) is 6.76. The minimum atomic E-state index is 0.706. The van der Waals surface area contributed by atoms with Crippen molar-refractivity contribution in [2.45, 2.75) is 32.7 Å². The van der Waals surface area contributed by atoms with E-state index in [-0.39, 0.29) is 0 Å². The first-order valence-corrected chi connectivity index (χ1v) is 7.68. The van der Waals surface area contributed by atoms with Gasteiger partial charge in [0.15, 0.2) is 0 Å². The number of nitrogens with zero attached hydrogens (tertiary/aromatic N) is 4. The molecule has 1 aliphatic heterocycles. The van der Waals surface area contributed by atoms with Gasteiger partial charge in [0.05, 0.1) is 0 Å². The zero-order valence-corrected chi connectivity index (χ0v) is 12.6. The molecule has 3 rings (SSSR count). The van der Waals surface area contributed by atoms with E-state index in [2.05, 4.69) is 45.0 Å². The molecule has 3 heterocycles. The summed E-state index contributed by atoms with van der Waals surface area (Å²) in [5, 5.41) is 0. The van der Waals surface area contributed by atoms with Gasteiger partial charge in [0, 0.05) is 42.4 Å². The Balaban J connectivity index is 1.58. The third-order valence-electron chi connectivity index (χ3n) is 4.07. The van der Waals surface area contributed by atoms with Crippen molar-refractivity contribution in [2.75, 3.05) is 13.1 Å². The summed E-state index contributed by atoms with van der Waals surface area (Å²) in [6.07, 6.45) is 9.08. The summed E-state index contributed by atoms with van der Waals surface area (Å²) in [6.45, 7) is 5.34. The van der Waals surface area contributed by atoms with Gasteiger partial charge in [-0.1, -0.05) is 6.07 Å². The van der Waals surface area contributed by atoms with Crippen LogP contribution in [0.4, 0.5) is 0 Å². The standard InChI is InChI=1S/C17H22N4/c1-14-4-2-6-17(20-14)8-15-5-3-7-21(11-15)12-16-9-18-13-19-10-16/h2,4,6,9-10,13,15H,3,5,7-8,11-12H2,1H3/t15-/m1/s1. The largest absolute Gasteiger partial charge is 0.299 e. The SMILES string of the molecule is Cc1cccc(C[C@H]2CCCN(Cc3cncnc3)C2)n1. The number of likely N-dealkylation sites (tertiary alicyclic amines) is 1. The van der Waals surface area contributed by atoms with E-state index in [4.69, 9.17) is 0 Å². The summed E-state index contributed by atoms with van der Waals surface area (Å²) in [7, 11) is 0. The Kier molecular flexibility index (Phi) is 4.55. The predicted octanol–water partition coefficient (Wildman–Crippen LogP) is 2.63. The molecule has 0 bridgehead atoms. The van der Waals surface area contributed by atoms with E-state index in [0.29, 0.717) is 5.92 Å². The molecule has 1 atom stereocenters. The van der Waals surface area contributed by atoms with Crippen LogP contribution in [0, 0.1) is 12.8 Å². The van der Waals surface area contributed by atoms with Gasteiger partial charge in [0.1, 0.15) is 6.33 Å². The fourth-order valence-corrected chi connectivity index (χ4v) is 3.14. The quantitative estimate of drug-likeness (QED) is 0.864. The lowest BCUT2D eigenvalue weighted by molar-refractivity contribution is 0.166. The van der Waals surface area contributed by atoms with Crippen molar-refractivity contribution in [3.63, 3.8) is 0 Å². The molecule has 0 aliphatic carbocycles. The third kappa shape index (κ3) is 4.08. The minimum Gasteiger partial charge on any atom is -0.299 e. The van der Waals surface area contributed by atoms with Crippen molar-refractivity contribution in [1.29, 1.82) is 0 Å². The lowest BCUT2D eigenvalue weighted by Crippen LogP contribution is -2.35. The van der Waals surface area contributed by atoms with E-state index in [9.17, 15) is 0 Å². The fourth-order valence-electron chi connectivity index (χ4n) is 3.14. The van der Waals surface area contributed by atoms with Crippen LogP contribution in [0.5, 0.6) is 0 Å². The van der Waals surface area contributed by atoms with E-state index in [1.807, 2.05) is 12.4 Å². The number of hydrogen-bond donors (Lipinski definition) is 0. The van der Waals surface area contributed by atoms with E-state index in [0.717, 1.165) is 25.2 Å². The van der Waals surface area contributed by atoms with Crippen molar-refractivity contribution in [3.8, 4) is 0 Å². The average molecular weight is 282 g/mol. The highest BCUT2D eigenvalue weighted by Gasteiger charge is 2.20. The molecule has 0 amide bonds. The van der Waals surface area contributed by atoms with Crippen molar-refractivity contribution in [1.82, 2.24) is 19.9 Å². The zero-order valence-electron chi connectivity index (χ0n) is 12.6. The average Bonchev–Trinajstić information content (AvgIpc) is 2.49. The number of rotatable bonds is 4. The summed E-state index contributed by atoms with van der Waals surface area (Å²) in [6, 6.07) is 6.32. The van der Waals surface area contributed by atoms with Gasteiger partial charge >= 0.3 is 0 Å². The zero-order chi connectivity index (χ0) is 14.5. The van der Waals surface area contributed by atoms with Gasteiger partial charge in [-0.2, -0.15) is 0 Å². The van der Waals surface area contributed by atoms with Gasteiger partial charge in [-0.05, 0) is 50.8 Å². The molecule has 0 spiro atoms. The highest BCUT2D eigenvalue weighted by Crippen LogP contribution is 2.21. The molecule has 1 aliphatic rings. The van der Waals surface area contributed by atoms with Crippen LogP contribution in [0.15, 0.2) is 36.9 Å². The van der Waals surface area contributed by atoms with Gasteiger partial charge in [-0.25, -0.2) is 9.97 Å². The van der Waals surface area contributed by atoms with Crippen LogP contribution in [0.25, 0.3) is 0 Å². The smallest absolute Gasteiger partial charge is 0.115 e. The van der Waals surface area contributed by atoms with Crippen LogP contribution in [-0.2, 0) is 13.0 Å².